The van der Waals surface area contributed by atoms with E-state index in [0.29, 0.717) is 0 Å². The van der Waals surface area contributed by atoms with E-state index in [4.69, 9.17) is 0 Å². The van der Waals surface area contributed by atoms with Crippen molar-refractivity contribution in [2.75, 3.05) is 0 Å². The number of rotatable bonds is 0. The zero-order chi connectivity index (χ0) is 0. The molecule has 0 amide bonds. The topological polar surface area (TPSA) is 0 Å². The van der Waals surface area contributed by atoms with Gasteiger partial charge in [-0.2, -0.15) is 0 Å². The van der Waals surface area contributed by atoms with Gasteiger partial charge in [0.15, 0.2) is 0 Å². The van der Waals surface area contributed by atoms with E-state index >= 15 is 0 Å². The SMILES string of the molecule is [Ag].[Cu].[Mo].[PbH2].[Zn]. The smallest absolute Gasteiger partial charge is 0 e. The van der Waals surface area contributed by atoms with Gasteiger partial charge in [0.1, 0.15) is 0 Å². The predicted octanol–water partition coefficient (Wildman–Crippen LogP) is -0.926. The average Bonchev–Trinajstić information content (AvgIpc) is 0. The van der Waals surface area contributed by atoms with Crippen LogP contribution in [0.2, 0.25) is 0 Å². The molecule has 0 saturated carbocycles. The van der Waals surface area contributed by atoms with Crippen molar-refractivity contribution in [3.63, 3.8) is 0 Å². The molecule has 0 N–H and O–H groups in total. The third-order valence-electron chi connectivity index (χ3n) is 0. The van der Waals surface area contributed by atoms with Gasteiger partial charge in [-0.3, -0.25) is 0 Å². The Balaban J connectivity index is 0. The maximum Gasteiger partial charge on any atom is 0 e. The van der Waals surface area contributed by atoms with Gasteiger partial charge >= 0.3 is 27.3 Å². The summed E-state index contributed by atoms with van der Waals surface area (Å²) in [5.74, 6) is 0. The number of hydrogen-bond acceptors (Lipinski definition) is 0. The summed E-state index contributed by atoms with van der Waals surface area (Å²) >= 11 is 0. The average molecular weight is 542 g/mol. The van der Waals surface area contributed by atoms with Gasteiger partial charge in [0, 0.05) is 80.0 Å². The Hall–Kier alpha value is 3.49. The molecule has 0 aromatic heterocycles. The summed E-state index contributed by atoms with van der Waals surface area (Å²) in [6, 6.07) is 0. The minimum Gasteiger partial charge on any atom is 0 e. The summed E-state index contributed by atoms with van der Waals surface area (Å²) in [4.78, 5) is 0. The molecule has 0 saturated heterocycles. The van der Waals surface area contributed by atoms with E-state index in [0.717, 1.165) is 0 Å². The molecule has 0 nitrogen and oxygen atoms in total. The first-order valence-corrected chi connectivity index (χ1v) is 0. The molecule has 0 bridgehead atoms. The van der Waals surface area contributed by atoms with Gasteiger partial charge in [-0.05, 0) is 0 Å². The van der Waals surface area contributed by atoms with Crippen LogP contribution in [-0.2, 0) is 80.0 Å². The van der Waals surface area contributed by atoms with Crippen LogP contribution < -0.4 is 0 Å². The van der Waals surface area contributed by atoms with E-state index in [-0.39, 0.29) is 107 Å². The fourth-order valence-electron chi connectivity index (χ4n) is 0. The molecule has 0 rings (SSSR count). The quantitative estimate of drug-likeness (QED) is 0.348. The summed E-state index contributed by atoms with van der Waals surface area (Å²) in [6.45, 7) is 0. The van der Waals surface area contributed by atoms with E-state index in [9.17, 15) is 0 Å². The Labute approximate surface area is 105 Å². The van der Waals surface area contributed by atoms with Crippen LogP contribution in [0.5, 0.6) is 0 Å². The molecule has 0 atom stereocenters. The molecule has 0 aromatic rings. The fourth-order valence-corrected chi connectivity index (χ4v) is 0. The monoisotopic (exact) mass is 542 g/mol. The van der Waals surface area contributed by atoms with E-state index < -0.39 is 0 Å². The molecule has 0 aliphatic carbocycles. The van der Waals surface area contributed by atoms with Crippen LogP contribution in [0.3, 0.4) is 0 Å². The molecule has 5 heteroatoms. The van der Waals surface area contributed by atoms with Gasteiger partial charge < -0.3 is 0 Å². The molecule has 36 valence electrons. The first-order chi connectivity index (χ1) is 0. The molecule has 0 aliphatic heterocycles. The summed E-state index contributed by atoms with van der Waals surface area (Å²) in [5, 5.41) is 0. The van der Waals surface area contributed by atoms with E-state index in [2.05, 4.69) is 0 Å². The summed E-state index contributed by atoms with van der Waals surface area (Å²) in [6.07, 6.45) is 0. The molecular formula is H2AgCuMoPbZn. The summed E-state index contributed by atoms with van der Waals surface area (Å²) in [5.41, 5.74) is 0. The van der Waals surface area contributed by atoms with Crippen LogP contribution >= 0.6 is 0 Å². The van der Waals surface area contributed by atoms with Crippen molar-refractivity contribution in [1.82, 2.24) is 0 Å². The van der Waals surface area contributed by atoms with Crippen LogP contribution in [0.4, 0.5) is 0 Å². The van der Waals surface area contributed by atoms with Gasteiger partial charge in [-0.25, -0.2) is 0 Å². The second-order valence-corrected chi connectivity index (χ2v) is 0. The van der Waals surface area contributed by atoms with E-state index in [1.807, 2.05) is 0 Å². The minimum atomic E-state index is 0. The van der Waals surface area contributed by atoms with Crippen molar-refractivity contribution in [2.24, 2.45) is 0 Å². The molecule has 0 fully saturated rings. The van der Waals surface area contributed by atoms with Crippen molar-refractivity contribution in [2.45, 2.75) is 0 Å². The summed E-state index contributed by atoms with van der Waals surface area (Å²) < 4.78 is 0. The van der Waals surface area contributed by atoms with Gasteiger partial charge in [-0.15, -0.1) is 0 Å². The Bertz CT molecular complexity index is 11.6. The van der Waals surface area contributed by atoms with Crippen LogP contribution in [0.15, 0.2) is 0 Å². The van der Waals surface area contributed by atoms with Crippen LogP contribution in [0.1, 0.15) is 0 Å². The Morgan fingerprint density at radius 3 is 1.00 bits per heavy atom. The number of hydrogen-bond donors (Lipinski definition) is 0. The first-order valence-electron chi connectivity index (χ1n) is 0. The Kier molecular flexibility index (Phi) is 202. The van der Waals surface area contributed by atoms with Crippen LogP contribution in [-0.4, -0.2) is 27.3 Å². The third kappa shape index (κ3) is 18.5. The van der Waals surface area contributed by atoms with Crippen LogP contribution in [0.25, 0.3) is 0 Å². The molecule has 0 spiro atoms. The fraction of sp³-hybridized carbons (Fsp3) is 0. The molecule has 5 heavy (non-hydrogen) atoms. The maximum atomic E-state index is 0. The van der Waals surface area contributed by atoms with Gasteiger partial charge in [0.2, 0.25) is 0 Å². The zero-order valence-corrected chi connectivity index (χ0v) is 15.3. The molecule has 4 radical (unpaired) electrons. The second-order valence-electron chi connectivity index (χ2n) is 0. The summed E-state index contributed by atoms with van der Waals surface area (Å²) in [7, 11) is 0. The standard InChI is InChI=1S/Ag.Cu.Mo.Pb.Zn.2H. The van der Waals surface area contributed by atoms with Crippen molar-refractivity contribution >= 4 is 27.3 Å². The van der Waals surface area contributed by atoms with Gasteiger partial charge in [-0.1, -0.05) is 0 Å². The second kappa shape index (κ2) is 25.9. The molecule has 0 heterocycles. The first kappa shape index (κ1) is 39.1. The van der Waals surface area contributed by atoms with Gasteiger partial charge in [0.25, 0.3) is 0 Å². The van der Waals surface area contributed by atoms with E-state index in [1.54, 1.807) is 0 Å². The van der Waals surface area contributed by atoms with Crippen molar-refractivity contribution in [3.8, 4) is 0 Å². The predicted molar refractivity (Wildman–Crippen MR) is 8.54 cm³/mol. The molecule has 0 unspecified atom stereocenters. The Morgan fingerprint density at radius 2 is 1.00 bits per heavy atom. The molecule has 0 aromatic carbocycles. The van der Waals surface area contributed by atoms with Gasteiger partial charge in [0.05, 0.1) is 0 Å². The third-order valence-corrected chi connectivity index (χ3v) is 0. The Morgan fingerprint density at radius 1 is 1.00 bits per heavy atom. The molecular weight excluding hydrogens is 540 g/mol. The van der Waals surface area contributed by atoms with Crippen molar-refractivity contribution < 1.29 is 80.0 Å². The normalized spacial score (nSPS) is 0. The minimum absolute atomic E-state index is 0. The zero-order valence-electron chi connectivity index (χ0n) is 2.43. The van der Waals surface area contributed by atoms with Crippen LogP contribution in [0, 0.1) is 0 Å². The largest absolute Gasteiger partial charge is 0 e. The maximum absolute atomic E-state index is 0. The molecule has 0 aliphatic rings. The van der Waals surface area contributed by atoms with Crippen molar-refractivity contribution in [3.05, 3.63) is 0 Å². The van der Waals surface area contributed by atoms with E-state index in [1.165, 1.54) is 0 Å². The van der Waals surface area contributed by atoms with Crippen molar-refractivity contribution in [1.29, 1.82) is 0 Å².